The molecule has 7 heteroatoms. The molecule has 0 bridgehead atoms. The molecule has 2 N–H and O–H groups in total. The highest BCUT2D eigenvalue weighted by Crippen LogP contribution is 2.05. The predicted octanol–water partition coefficient (Wildman–Crippen LogP) is 0.630. The van der Waals surface area contributed by atoms with E-state index < -0.39 is 0 Å². The number of aromatic nitrogens is 4. The number of H-pyrrole nitrogens is 1. The van der Waals surface area contributed by atoms with E-state index in [0.717, 1.165) is 11.4 Å². The van der Waals surface area contributed by atoms with Crippen molar-refractivity contribution in [2.24, 2.45) is 0 Å². The second-order valence-electron chi connectivity index (χ2n) is 4.22. The normalized spacial score (nSPS) is 12.3. The molecular formula is C12H17N5O2. The number of nitrogens with one attached hydrogen (secondary N) is 2. The molecule has 0 unspecified atom stereocenters. The van der Waals surface area contributed by atoms with E-state index in [0.29, 0.717) is 13.2 Å². The van der Waals surface area contributed by atoms with Crippen LogP contribution in [0.2, 0.25) is 0 Å². The molecule has 0 aliphatic rings. The van der Waals surface area contributed by atoms with Crippen molar-refractivity contribution >= 4 is 5.91 Å². The van der Waals surface area contributed by atoms with E-state index in [-0.39, 0.29) is 11.9 Å². The van der Waals surface area contributed by atoms with Crippen molar-refractivity contribution in [2.75, 3.05) is 7.11 Å². The third-order valence-corrected chi connectivity index (χ3v) is 2.78. The van der Waals surface area contributed by atoms with Crippen molar-refractivity contribution in [3.05, 3.63) is 36.2 Å². The lowest BCUT2D eigenvalue weighted by Gasteiger charge is -2.12. The molecule has 2 aromatic heterocycles. The lowest BCUT2D eigenvalue weighted by Crippen LogP contribution is -2.30. The van der Waals surface area contributed by atoms with E-state index in [1.165, 1.54) is 0 Å². The van der Waals surface area contributed by atoms with Gasteiger partial charge >= 0.3 is 0 Å². The third kappa shape index (κ3) is 3.41. The molecule has 19 heavy (non-hydrogen) atoms. The van der Waals surface area contributed by atoms with Crippen LogP contribution in [0.25, 0.3) is 0 Å². The summed E-state index contributed by atoms with van der Waals surface area (Å²) in [4.78, 5) is 15.8. The Labute approximate surface area is 111 Å². The monoisotopic (exact) mass is 263 g/mol. The molecule has 0 saturated heterocycles. The molecular weight excluding hydrogens is 246 g/mol. The summed E-state index contributed by atoms with van der Waals surface area (Å²) in [5.74, 6) is -0.0686. The molecule has 1 atom stereocenters. The minimum absolute atomic E-state index is 0.0686. The van der Waals surface area contributed by atoms with E-state index in [2.05, 4.69) is 20.5 Å². The highest BCUT2D eigenvalue weighted by molar-refractivity contribution is 5.79. The fourth-order valence-corrected chi connectivity index (χ4v) is 1.69. The van der Waals surface area contributed by atoms with Crippen LogP contribution in [0.4, 0.5) is 0 Å². The van der Waals surface area contributed by atoms with Gasteiger partial charge < -0.3 is 14.6 Å². The molecule has 1 amide bonds. The maximum absolute atomic E-state index is 11.9. The summed E-state index contributed by atoms with van der Waals surface area (Å²) >= 11 is 0. The maximum Gasteiger partial charge on any atom is 0.243 e. The van der Waals surface area contributed by atoms with E-state index in [9.17, 15) is 4.79 Å². The van der Waals surface area contributed by atoms with E-state index in [4.69, 9.17) is 4.74 Å². The largest absolute Gasteiger partial charge is 0.378 e. The summed E-state index contributed by atoms with van der Waals surface area (Å²) in [6, 6.07) is 1.58. The number of methoxy groups -OCH3 is 1. The zero-order valence-electron chi connectivity index (χ0n) is 11.0. The van der Waals surface area contributed by atoms with Gasteiger partial charge in [0.1, 0.15) is 6.04 Å². The average Bonchev–Trinajstić information content (AvgIpc) is 3.06. The minimum Gasteiger partial charge on any atom is -0.378 e. The maximum atomic E-state index is 11.9. The van der Waals surface area contributed by atoms with Crippen LogP contribution in [0.3, 0.4) is 0 Å². The predicted molar refractivity (Wildman–Crippen MR) is 68.1 cm³/mol. The Bertz CT molecular complexity index is 520. The number of hydrogen-bond donors (Lipinski definition) is 2. The van der Waals surface area contributed by atoms with E-state index in [1.54, 1.807) is 30.4 Å². The number of imidazole rings is 1. The Kier molecular flexibility index (Phi) is 4.30. The van der Waals surface area contributed by atoms with Crippen molar-refractivity contribution in [3.8, 4) is 0 Å². The van der Waals surface area contributed by atoms with Crippen LogP contribution in [0.1, 0.15) is 24.4 Å². The number of aromatic amines is 1. The van der Waals surface area contributed by atoms with Gasteiger partial charge in [0.15, 0.2) is 0 Å². The molecule has 0 fully saturated rings. The summed E-state index contributed by atoms with van der Waals surface area (Å²) in [5, 5.41) is 9.76. The zero-order chi connectivity index (χ0) is 13.7. The number of ether oxygens (including phenoxy) is 1. The van der Waals surface area contributed by atoms with Gasteiger partial charge in [0, 0.05) is 19.5 Å². The Morgan fingerprint density at radius 1 is 1.63 bits per heavy atom. The van der Waals surface area contributed by atoms with Crippen molar-refractivity contribution in [3.63, 3.8) is 0 Å². The summed E-state index contributed by atoms with van der Waals surface area (Å²) in [5.41, 5.74) is 1.66. The topological polar surface area (TPSA) is 84.8 Å². The molecule has 0 spiro atoms. The number of hydrogen-bond acceptors (Lipinski definition) is 4. The molecule has 7 nitrogen and oxygen atoms in total. The van der Waals surface area contributed by atoms with Crippen molar-refractivity contribution < 1.29 is 9.53 Å². The van der Waals surface area contributed by atoms with Crippen LogP contribution in [-0.4, -0.2) is 32.8 Å². The SMILES string of the molecule is COCc1cc(CNC(=O)[C@H](C)n2ccnc2)[nH]n1. The summed E-state index contributed by atoms with van der Waals surface area (Å²) in [6.07, 6.45) is 5.03. The summed E-state index contributed by atoms with van der Waals surface area (Å²) in [6.45, 7) is 2.69. The quantitative estimate of drug-likeness (QED) is 0.800. The second kappa shape index (κ2) is 6.14. The van der Waals surface area contributed by atoms with E-state index >= 15 is 0 Å². The lowest BCUT2D eigenvalue weighted by atomic mass is 10.3. The first-order valence-corrected chi connectivity index (χ1v) is 5.98. The van der Waals surface area contributed by atoms with Gasteiger partial charge in [0.05, 0.1) is 30.9 Å². The summed E-state index contributed by atoms with van der Waals surface area (Å²) in [7, 11) is 1.61. The van der Waals surface area contributed by atoms with Gasteiger partial charge in [0.2, 0.25) is 5.91 Å². The van der Waals surface area contributed by atoms with Gasteiger partial charge in [0.25, 0.3) is 0 Å². The molecule has 102 valence electrons. The molecule has 0 radical (unpaired) electrons. The number of amides is 1. The highest BCUT2D eigenvalue weighted by Gasteiger charge is 2.13. The molecule has 0 aliphatic carbocycles. The highest BCUT2D eigenvalue weighted by atomic mass is 16.5. The van der Waals surface area contributed by atoms with Gasteiger partial charge in [-0.15, -0.1) is 0 Å². The average molecular weight is 263 g/mol. The van der Waals surface area contributed by atoms with Gasteiger partial charge in [-0.25, -0.2) is 4.98 Å². The van der Waals surface area contributed by atoms with Gasteiger partial charge in [-0.05, 0) is 13.0 Å². The molecule has 2 rings (SSSR count). The molecule has 0 saturated carbocycles. The van der Waals surface area contributed by atoms with Crippen LogP contribution >= 0.6 is 0 Å². The Hall–Kier alpha value is -2.15. The van der Waals surface area contributed by atoms with Gasteiger partial charge in [-0.3, -0.25) is 9.89 Å². The van der Waals surface area contributed by atoms with Crippen LogP contribution in [0.15, 0.2) is 24.8 Å². The minimum atomic E-state index is -0.288. The zero-order valence-corrected chi connectivity index (χ0v) is 11.0. The van der Waals surface area contributed by atoms with Crippen molar-refractivity contribution in [2.45, 2.75) is 26.1 Å². The molecule has 2 aromatic rings. The Morgan fingerprint density at radius 3 is 3.16 bits per heavy atom. The Balaban J connectivity index is 1.85. The first-order valence-electron chi connectivity index (χ1n) is 5.98. The molecule has 2 heterocycles. The van der Waals surface area contributed by atoms with Crippen LogP contribution in [-0.2, 0) is 22.7 Å². The lowest BCUT2D eigenvalue weighted by molar-refractivity contribution is -0.124. The number of rotatable bonds is 6. The van der Waals surface area contributed by atoms with Gasteiger partial charge in [-0.2, -0.15) is 5.10 Å². The second-order valence-corrected chi connectivity index (χ2v) is 4.22. The number of carbonyl (C=O) groups excluding carboxylic acids is 1. The Morgan fingerprint density at radius 2 is 2.47 bits per heavy atom. The number of nitrogens with zero attached hydrogens (tertiary/aromatic N) is 3. The van der Waals surface area contributed by atoms with Crippen LogP contribution in [0.5, 0.6) is 0 Å². The van der Waals surface area contributed by atoms with E-state index in [1.807, 2.05) is 13.0 Å². The first-order chi connectivity index (χ1) is 9.20. The van der Waals surface area contributed by atoms with Crippen molar-refractivity contribution in [1.82, 2.24) is 25.1 Å². The standard InChI is InChI=1S/C12H17N5O2/c1-9(17-4-3-13-8-17)12(18)14-6-10-5-11(7-19-2)16-15-10/h3-5,8-9H,6-7H2,1-2H3,(H,14,18)(H,15,16)/t9-/m0/s1. The molecule has 0 aromatic carbocycles. The smallest absolute Gasteiger partial charge is 0.243 e. The van der Waals surface area contributed by atoms with Gasteiger partial charge in [-0.1, -0.05) is 0 Å². The van der Waals surface area contributed by atoms with Crippen LogP contribution in [0, 0.1) is 0 Å². The third-order valence-electron chi connectivity index (χ3n) is 2.78. The van der Waals surface area contributed by atoms with Crippen LogP contribution < -0.4 is 5.32 Å². The summed E-state index contributed by atoms with van der Waals surface area (Å²) < 4.78 is 6.72. The fraction of sp³-hybridized carbons (Fsp3) is 0.417. The number of carbonyl (C=O) groups is 1. The molecule has 0 aliphatic heterocycles. The fourth-order valence-electron chi connectivity index (χ4n) is 1.69. The first kappa shape index (κ1) is 13.3. The van der Waals surface area contributed by atoms with Crippen molar-refractivity contribution in [1.29, 1.82) is 0 Å².